The van der Waals surface area contributed by atoms with E-state index in [4.69, 9.17) is 25.5 Å². The van der Waals surface area contributed by atoms with Crippen molar-refractivity contribution in [2.75, 3.05) is 37.8 Å². The van der Waals surface area contributed by atoms with Crippen molar-refractivity contribution in [3.63, 3.8) is 0 Å². The van der Waals surface area contributed by atoms with Crippen LogP contribution in [0.5, 0.6) is 0 Å². The van der Waals surface area contributed by atoms with Gasteiger partial charge in [-0.05, 0) is 31.5 Å². The zero-order valence-electron chi connectivity index (χ0n) is 19.3. The summed E-state index contributed by atoms with van der Waals surface area (Å²) >= 11 is 7.77. The molecule has 0 saturated carbocycles. The number of hydrogen-bond acceptors (Lipinski definition) is 8. The molecule has 1 fully saturated rings. The molecule has 1 atom stereocenters. The third kappa shape index (κ3) is 4.47. The fourth-order valence-corrected chi connectivity index (χ4v) is 5.55. The van der Waals surface area contributed by atoms with E-state index in [1.54, 1.807) is 32.1 Å². The van der Waals surface area contributed by atoms with E-state index >= 15 is 0 Å². The number of nitrogens with zero attached hydrogens (tertiary/aromatic N) is 3. The number of furan rings is 1. The molecule has 0 aliphatic carbocycles. The van der Waals surface area contributed by atoms with Crippen LogP contribution in [0.2, 0.25) is 5.02 Å². The quantitative estimate of drug-likeness (QED) is 0.488. The minimum Gasteiger partial charge on any atom is -0.463 e. The van der Waals surface area contributed by atoms with Gasteiger partial charge in [0, 0.05) is 30.3 Å². The Labute approximate surface area is 210 Å². The summed E-state index contributed by atoms with van der Waals surface area (Å²) in [5.41, 5.74) is 1.14. The molecule has 0 spiro atoms. The summed E-state index contributed by atoms with van der Waals surface area (Å²) in [4.78, 5) is 33.8. The van der Waals surface area contributed by atoms with E-state index in [0.29, 0.717) is 50.2 Å². The summed E-state index contributed by atoms with van der Waals surface area (Å²) < 4.78 is 18.7. The van der Waals surface area contributed by atoms with E-state index in [1.165, 1.54) is 15.9 Å². The first-order chi connectivity index (χ1) is 17.0. The largest absolute Gasteiger partial charge is 0.463 e. The van der Waals surface area contributed by atoms with E-state index in [1.807, 2.05) is 24.3 Å². The van der Waals surface area contributed by atoms with Crippen LogP contribution in [0.4, 0.5) is 5.88 Å². The SMILES string of the molecule is CCOC(=O)C1=C(C)N=c2sc(=Cc3ccc(N4CCOCC4)o3)c(=O)n2C1c1ccccc1Cl. The second-order valence-corrected chi connectivity index (χ2v) is 9.52. The predicted molar refractivity (Wildman–Crippen MR) is 134 cm³/mol. The van der Waals surface area contributed by atoms with Crippen molar-refractivity contribution < 1.29 is 18.7 Å². The van der Waals surface area contributed by atoms with Crippen molar-refractivity contribution in [2.24, 2.45) is 4.99 Å². The average Bonchev–Trinajstić information content (AvgIpc) is 3.44. The number of morpholine rings is 1. The number of esters is 1. The molecule has 0 amide bonds. The number of aromatic nitrogens is 1. The smallest absolute Gasteiger partial charge is 0.338 e. The standard InChI is InChI=1S/C25H24ClN3O5S/c1-3-33-24(31)21-15(2)27-25-29(22(21)17-6-4-5-7-18(17)26)23(30)19(35-25)14-16-8-9-20(34-16)28-10-12-32-13-11-28/h4-9,14,22H,3,10-13H2,1-2H3. The zero-order valence-corrected chi connectivity index (χ0v) is 20.9. The van der Waals surface area contributed by atoms with Crippen LogP contribution in [0, 0.1) is 0 Å². The lowest BCUT2D eigenvalue weighted by Gasteiger charge is -2.26. The minimum absolute atomic E-state index is 0.208. The first kappa shape index (κ1) is 23.6. The number of hydrogen-bond donors (Lipinski definition) is 0. The Balaban J connectivity index is 1.62. The van der Waals surface area contributed by atoms with Crippen molar-refractivity contribution in [3.05, 3.63) is 83.7 Å². The molecule has 8 nitrogen and oxygen atoms in total. The van der Waals surface area contributed by atoms with Gasteiger partial charge in [0.25, 0.3) is 5.56 Å². The zero-order chi connectivity index (χ0) is 24.5. The average molecular weight is 514 g/mol. The van der Waals surface area contributed by atoms with Gasteiger partial charge in [0.15, 0.2) is 10.7 Å². The summed E-state index contributed by atoms with van der Waals surface area (Å²) in [6.07, 6.45) is 1.71. The van der Waals surface area contributed by atoms with Gasteiger partial charge in [-0.25, -0.2) is 9.79 Å². The summed E-state index contributed by atoms with van der Waals surface area (Å²) in [6.45, 7) is 6.50. The topological polar surface area (TPSA) is 86.3 Å². The van der Waals surface area contributed by atoms with Gasteiger partial charge in [0.1, 0.15) is 11.8 Å². The maximum Gasteiger partial charge on any atom is 0.338 e. The van der Waals surface area contributed by atoms with Crippen LogP contribution in [0.1, 0.15) is 31.2 Å². The summed E-state index contributed by atoms with van der Waals surface area (Å²) in [5.74, 6) is 0.781. The highest BCUT2D eigenvalue weighted by molar-refractivity contribution is 7.07. The molecule has 4 heterocycles. The van der Waals surface area contributed by atoms with E-state index in [2.05, 4.69) is 9.89 Å². The molecular formula is C25H24ClN3O5S. The number of thiazole rings is 1. The molecule has 0 N–H and O–H groups in total. The molecule has 1 saturated heterocycles. The monoisotopic (exact) mass is 513 g/mol. The first-order valence-corrected chi connectivity index (χ1v) is 12.5. The molecule has 0 radical (unpaired) electrons. The number of anilines is 1. The van der Waals surface area contributed by atoms with Gasteiger partial charge in [-0.3, -0.25) is 9.36 Å². The molecule has 2 aromatic heterocycles. The molecule has 10 heteroatoms. The highest BCUT2D eigenvalue weighted by Gasteiger charge is 2.34. The maximum atomic E-state index is 13.6. The lowest BCUT2D eigenvalue weighted by atomic mass is 9.96. The van der Waals surface area contributed by atoms with Crippen molar-refractivity contribution in [3.8, 4) is 0 Å². The highest BCUT2D eigenvalue weighted by atomic mass is 35.5. The number of rotatable bonds is 5. The van der Waals surface area contributed by atoms with Gasteiger partial charge in [0.05, 0.1) is 35.6 Å². The number of allylic oxidation sites excluding steroid dienone is 1. The van der Waals surface area contributed by atoms with Crippen LogP contribution < -0.4 is 19.8 Å². The molecule has 0 bridgehead atoms. The third-order valence-electron chi connectivity index (χ3n) is 5.93. The maximum absolute atomic E-state index is 13.6. The Hall–Kier alpha value is -3.14. The van der Waals surface area contributed by atoms with Crippen molar-refractivity contribution in [2.45, 2.75) is 19.9 Å². The van der Waals surface area contributed by atoms with Gasteiger partial charge < -0.3 is 18.8 Å². The molecule has 2 aliphatic rings. The van der Waals surface area contributed by atoms with Crippen LogP contribution >= 0.6 is 22.9 Å². The number of carbonyl (C=O) groups is 1. The summed E-state index contributed by atoms with van der Waals surface area (Å²) in [5, 5.41) is 0.449. The molecule has 1 aromatic carbocycles. The minimum atomic E-state index is -0.748. The van der Waals surface area contributed by atoms with Crippen LogP contribution in [-0.4, -0.2) is 43.4 Å². The lowest BCUT2D eigenvalue weighted by molar-refractivity contribution is -0.139. The Morgan fingerprint density at radius 1 is 1.26 bits per heavy atom. The second-order valence-electron chi connectivity index (χ2n) is 8.10. The molecule has 2 aliphatic heterocycles. The molecule has 3 aromatic rings. The second kappa shape index (κ2) is 9.85. The van der Waals surface area contributed by atoms with Crippen LogP contribution in [0.25, 0.3) is 6.08 Å². The van der Waals surface area contributed by atoms with Crippen molar-refractivity contribution in [1.29, 1.82) is 0 Å². The molecule has 35 heavy (non-hydrogen) atoms. The number of halogens is 1. The van der Waals surface area contributed by atoms with Crippen molar-refractivity contribution >= 4 is 40.9 Å². The number of fused-ring (bicyclic) bond motifs is 1. The van der Waals surface area contributed by atoms with E-state index < -0.39 is 12.0 Å². The number of ether oxygens (including phenoxy) is 2. The summed E-state index contributed by atoms with van der Waals surface area (Å²) in [6, 6.07) is 10.2. The third-order valence-corrected chi connectivity index (χ3v) is 7.25. The normalized spacial score (nSPS) is 18.4. The molecule has 182 valence electrons. The van der Waals surface area contributed by atoms with Gasteiger partial charge in [-0.2, -0.15) is 0 Å². The van der Waals surface area contributed by atoms with E-state index in [9.17, 15) is 9.59 Å². The Morgan fingerprint density at radius 3 is 2.77 bits per heavy atom. The number of benzene rings is 1. The predicted octanol–water partition coefficient (Wildman–Crippen LogP) is 2.88. The lowest BCUT2D eigenvalue weighted by Crippen LogP contribution is -2.40. The Morgan fingerprint density at radius 2 is 2.03 bits per heavy atom. The highest BCUT2D eigenvalue weighted by Crippen LogP contribution is 2.34. The van der Waals surface area contributed by atoms with E-state index in [0.717, 1.165) is 19.0 Å². The molecular weight excluding hydrogens is 490 g/mol. The van der Waals surface area contributed by atoms with Crippen LogP contribution in [0.3, 0.4) is 0 Å². The van der Waals surface area contributed by atoms with Crippen LogP contribution in [0.15, 0.2) is 61.9 Å². The molecule has 5 rings (SSSR count). The Kier molecular flexibility index (Phi) is 6.64. The van der Waals surface area contributed by atoms with Gasteiger partial charge in [-0.1, -0.05) is 41.1 Å². The first-order valence-electron chi connectivity index (χ1n) is 11.3. The van der Waals surface area contributed by atoms with Gasteiger partial charge >= 0.3 is 5.97 Å². The van der Waals surface area contributed by atoms with Gasteiger partial charge in [-0.15, -0.1) is 0 Å². The van der Waals surface area contributed by atoms with Crippen molar-refractivity contribution in [1.82, 2.24) is 4.57 Å². The van der Waals surface area contributed by atoms with E-state index in [-0.39, 0.29) is 12.2 Å². The molecule has 1 unspecified atom stereocenters. The fraction of sp³-hybridized carbons (Fsp3) is 0.320. The summed E-state index contributed by atoms with van der Waals surface area (Å²) in [7, 11) is 0. The Bertz CT molecular complexity index is 1480. The van der Waals surface area contributed by atoms with Gasteiger partial charge in [0.2, 0.25) is 0 Å². The van der Waals surface area contributed by atoms with Crippen LogP contribution in [-0.2, 0) is 14.3 Å². The fourth-order valence-electron chi connectivity index (χ4n) is 4.29. The number of carbonyl (C=O) groups excluding carboxylic acids is 1.